The number of amides is 1. The van der Waals surface area contributed by atoms with Crippen LogP contribution in [0.2, 0.25) is 5.02 Å². The third-order valence-corrected chi connectivity index (χ3v) is 6.69. The number of carbonyl (C=O) groups is 1. The molecule has 186 valence electrons. The molecule has 0 unspecified atom stereocenters. The number of para-hydroxylation sites is 1. The van der Waals surface area contributed by atoms with Crippen LogP contribution in [0.15, 0.2) is 65.8 Å². The van der Waals surface area contributed by atoms with Crippen molar-refractivity contribution < 1.29 is 19.0 Å². The molecule has 0 atom stereocenters. The van der Waals surface area contributed by atoms with Gasteiger partial charge in [0.2, 0.25) is 11.7 Å². The first-order valence-electron chi connectivity index (χ1n) is 10.9. The molecule has 1 heterocycles. The van der Waals surface area contributed by atoms with Gasteiger partial charge in [-0.1, -0.05) is 47.6 Å². The van der Waals surface area contributed by atoms with Gasteiger partial charge < -0.3 is 19.5 Å². The highest BCUT2D eigenvalue weighted by Gasteiger charge is 2.21. The SMILES string of the molecule is COc1cc(-c2nnc(SCC(=O)Nc3ccc(C)c(Cl)c3)n2-c2ccccc2)cc(OC)c1OC. The Kier molecular flexibility index (Phi) is 8.02. The van der Waals surface area contributed by atoms with Gasteiger partial charge >= 0.3 is 0 Å². The molecule has 0 saturated heterocycles. The fourth-order valence-corrected chi connectivity index (χ4v) is 4.50. The minimum atomic E-state index is -0.183. The number of nitrogens with one attached hydrogen (secondary N) is 1. The number of benzene rings is 3. The van der Waals surface area contributed by atoms with Crippen LogP contribution in [0.3, 0.4) is 0 Å². The van der Waals surface area contributed by atoms with E-state index >= 15 is 0 Å². The maximum absolute atomic E-state index is 12.7. The molecule has 4 rings (SSSR count). The summed E-state index contributed by atoms with van der Waals surface area (Å²) in [6.45, 7) is 1.91. The van der Waals surface area contributed by atoms with Crippen LogP contribution in [0, 0.1) is 6.92 Å². The zero-order valence-corrected chi connectivity index (χ0v) is 21.8. The van der Waals surface area contributed by atoms with Crippen molar-refractivity contribution in [3.8, 4) is 34.3 Å². The average Bonchev–Trinajstić information content (AvgIpc) is 3.33. The quantitative estimate of drug-likeness (QED) is 0.283. The summed E-state index contributed by atoms with van der Waals surface area (Å²) < 4.78 is 18.4. The van der Waals surface area contributed by atoms with Crippen LogP contribution in [-0.2, 0) is 4.79 Å². The zero-order valence-electron chi connectivity index (χ0n) is 20.2. The number of hydrogen-bond donors (Lipinski definition) is 1. The van der Waals surface area contributed by atoms with Crippen LogP contribution in [0.4, 0.5) is 5.69 Å². The number of aryl methyl sites for hydroxylation is 1. The molecule has 36 heavy (non-hydrogen) atoms. The van der Waals surface area contributed by atoms with Crippen LogP contribution >= 0.6 is 23.4 Å². The van der Waals surface area contributed by atoms with E-state index in [1.165, 1.54) is 11.8 Å². The number of aromatic nitrogens is 3. The van der Waals surface area contributed by atoms with Gasteiger partial charge in [0.25, 0.3) is 0 Å². The van der Waals surface area contributed by atoms with Crippen molar-refractivity contribution >= 4 is 35.0 Å². The monoisotopic (exact) mass is 524 g/mol. The van der Waals surface area contributed by atoms with E-state index in [9.17, 15) is 4.79 Å². The second-order valence-corrected chi connectivity index (χ2v) is 9.04. The van der Waals surface area contributed by atoms with Gasteiger partial charge in [0.15, 0.2) is 22.5 Å². The Balaban J connectivity index is 1.66. The second kappa shape index (κ2) is 11.4. The lowest BCUT2D eigenvalue weighted by atomic mass is 10.1. The van der Waals surface area contributed by atoms with Crippen LogP contribution in [-0.4, -0.2) is 47.8 Å². The Bertz CT molecular complexity index is 1350. The van der Waals surface area contributed by atoms with Gasteiger partial charge in [-0.3, -0.25) is 9.36 Å². The number of thioether (sulfide) groups is 1. The fourth-order valence-electron chi connectivity index (χ4n) is 3.57. The van der Waals surface area contributed by atoms with E-state index in [0.29, 0.717) is 44.5 Å². The van der Waals surface area contributed by atoms with E-state index in [0.717, 1.165) is 11.3 Å². The normalized spacial score (nSPS) is 10.7. The topological polar surface area (TPSA) is 87.5 Å². The van der Waals surface area contributed by atoms with Gasteiger partial charge in [0.1, 0.15) is 0 Å². The smallest absolute Gasteiger partial charge is 0.234 e. The van der Waals surface area contributed by atoms with Gasteiger partial charge in [0.05, 0.1) is 27.1 Å². The van der Waals surface area contributed by atoms with E-state index in [4.69, 9.17) is 25.8 Å². The summed E-state index contributed by atoms with van der Waals surface area (Å²) in [6.07, 6.45) is 0. The highest BCUT2D eigenvalue weighted by molar-refractivity contribution is 7.99. The molecule has 1 amide bonds. The lowest BCUT2D eigenvalue weighted by Crippen LogP contribution is -2.14. The largest absolute Gasteiger partial charge is 0.493 e. The van der Waals surface area contributed by atoms with Gasteiger partial charge in [-0.15, -0.1) is 10.2 Å². The molecule has 10 heteroatoms. The Morgan fingerprint density at radius 1 is 0.972 bits per heavy atom. The highest BCUT2D eigenvalue weighted by atomic mass is 35.5. The number of anilines is 1. The number of hydrogen-bond acceptors (Lipinski definition) is 7. The van der Waals surface area contributed by atoms with Crippen LogP contribution in [0.5, 0.6) is 17.2 Å². The van der Waals surface area contributed by atoms with Crippen molar-refractivity contribution in [3.63, 3.8) is 0 Å². The number of nitrogens with zero attached hydrogens (tertiary/aromatic N) is 3. The molecular formula is C26H25ClN4O4S. The molecule has 4 aromatic rings. The molecule has 0 aliphatic heterocycles. The Labute approximate surface area is 218 Å². The summed E-state index contributed by atoms with van der Waals surface area (Å²) >= 11 is 7.45. The first kappa shape index (κ1) is 25.4. The molecule has 0 fully saturated rings. The number of ether oxygens (including phenoxy) is 3. The molecule has 8 nitrogen and oxygen atoms in total. The van der Waals surface area contributed by atoms with Crippen LogP contribution < -0.4 is 19.5 Å². The summed E-state index contributed by atoms with van der Waals surface area (Å²) in [6, 6.07) is 18.7. The van der Waals surface area contributed by atoms with Crippen LogP contribution in [0.25, 0.3) is 17.1 Å². The first-order valence-corrected chi connectivity index (χ1v) is 12.3. The van der Waals surface area contributed by atoms with Crippen molar-refractivity contribution in [1.29, 1.82) is 0 Å². The van der Waals surface area contributed by atoms with Crippen molar-refractivity contribution in [2.75, 3.05) is 32.4 Å². The van der Waals surface area contributed by atoms with Gasteiger partial charge in [0, 0.05) is 22.0 Å². The maximum atomic E-state index is 12.7. The molecule has 0 saturated carbocycles. The standard InChI is InChI=1S/C26H25ClN4O4S/c1-16-10-11-18(14-20(16)27)28-23(32)15-36-26-30-29-25(31(26)19-8-6-5-7-9-19)17-12-21(33-2)24(35-4)22(13-17)34-3/h5-14H,15H2,1-4H3,(H,28,32). The minimum absolute atomic E-state index is 0.131. The first-order chi connectivity index (χ1) is 17.4. The van der Waals surface area contributed by atoms with Gasteiger partial charge in [-0.05, 0) is 48.9 Å². The summed E-state index contributed by atoms with van der Waals surface area (Å²) in [5.74, 6) is 1.99. The van der Waals surface area contributed by atoms with E-state index in [1.807, 2.05) is 66.1 Å². The summed E-state index contributed by atoms with van der Waals surface area (Å²) in [5.41, 5.74) is 3.14. The number of rotatable bonds is 9. The summed E-state index contributed by atoms with van der Waals surface area (Å²) in [4.78, 5) is 12.7. The molecule has 0 spiro atoms. The third kappa shape index (κ3) is 5.42. The highest BCUT2D eigenvalue weighted by Crippen LogP contribution is 2.41. The summed E-state index contributed by atoms with van der Waals surface area (Å²) in [7, 11) is 4.67. The molecule has 0 bridgehead atoms. The molecule has 1 aromatic heterocycles. The number of carbonyl (C=O) groups excluding carboxylic acids is 1. The Morgan fingerprint density at radius 2 is 1.67 bits per heavy atom. The van der Waals surface area contributed by atoms with Crippen molar-refractivity contribution in [1.82, 2.24) is 14.8 Å². The lowest BCUT2D eigenvalue weighted by Gasteiger charge is -2.15. The minimum Gasteiger partial charge on any atom is -0.493 e. The van der Waals surface area contributed by atoms with E-state index < -0.39 is 0 Å². The predicted octanol–water partition coefficient (Wildman–Crippen LogP) is 5.65. The molecule has 0 aliphatic rings. The lowest BCUT2D eigenvalue weighted by molar-refractivity contribution is -0.113. The molecule has 0 radical (unpaired) electrons. The summed E-state index contributed by atoms with van der Waals surface area (Å²) in [5, 5.41) is 12.9. The predicted molar refractivity (Wildman–Crippen MR) is 142 cm³/mol. The molecular weight excluding hydrogens is 500 g/mol. The van der Waals surface area contributed by atoms with Gasteiger partial charge in [-0.2, -0.15) is 0 Å². The molecule has 0 aliphatic carbocycles. The van der Waals surface area contributed by atoms with Gasteiger partial charge in [-0.25, -0.2) is 0 Å². The van der Waals surface area contributed by atoms with E-state index in [1.54, 1.807) is 27.4 Å². The Hall–Kier alpha value is -3.69. The van der Waals surface area contributed by atoms with E-state index in [-0.39, 0.29) is 11.7 Å². The van der Waals surface area contributed by atoms with Crippen molar-refractivity contribution in [2.24, 2.45) is 0 Å². The Morgan fingerprint density at radius 3 is 2.28 bits per heavy atom. The fraction of sp³-hybridized carbons (Fsp3) is 0.192. The third-order valence-electron chi connectivity index (χ3n) is 5.36. The second-order valence-electron chi connectivity index (χ2n) is 7.69. The van der Waals surface area contributed by atoms with E-state index in [2.05, 4.69) is 15.5 Å². The van der Waals surface area contributed by atoms with Crippen molar-refractivity contribution in [2.45, 2.75) is 12.1 Å². The zero-order chi connectivity index (χ0) is 25.7. The number of methoxy groups -OCH3 is 3. The molecule has 3 aromatic carbocycles. The maximum Gasteiger partial charge on any atom is 0.234 e. The van der Waals surface area contributed by atoms with Crippen LogP contribution in [0.1, 0.15) is 5.56 Å². The number of halogens is 1. The molecule has 1 N–H and O–H groups in total. The van der Waals surface area contributed by atoms with Crippen molar-refractivity contribution in [3.05, 3.63) is 71.2 Å². The average molecular weight is 525 g/mol.